The third-order valence-electron chi connectivity index (χ3n) is 5.04. The number of aryl methyl sites for hydroxylation is 1. The van der Waals surface area contributed by atoms with Gasteiger partial charge in [-0.15, -0.1) is 0 Å². The molecular weight excluding hydrogens is 348 g/mol. The number of nitrogens with one attached hydrogen (secondary N) is 1. The lowest BCUT2D eigenvalue weighted by molar-refractivity contribution is 0.414. The van der Waals surface area contributed by atoms with Crippen molar-refractivity contribution in [1.29, 1.82) is 0 Å². The van der Waals surface area contributed by atoms with Gasteiger partial charge in [-0.3, -0.25) is 4.68 Å². The first-order chi connectivity index (χ1) is 12.5. The van der Waals surface area contributed by atoms with Crippen LogP contribution in [0.4, 0.5) is 0 Å². The number of nitrogens with zero attached hydrogens (tertiary/aromatic N) is 3. The van der Waals surface area contributed by atoms with Gasteiger partial charge in [-0.1, -0.05) is 43.2 Å². The SMILES string of the molecule is Cc1nn(Cc2ccccc2)c(C)c1CNS(=O)(=O)N1CCCCCC1. The Labute approximate surface area is 156 Å². The Morgan fingerprint density at radius 2 is 1.69 bits per heavy atom. The highest BCUT2D eigenvalue weighted by atomic mass is 32.2. The Kier molecular flexibility index (Phi) is 6.11. The van der Waals surface area contributed by atoms with Crippen LogP contribution in [0, 0.1) is 13.8 Å². The predicted octanol–water partition coefficient (Wildman–Crippen LogP) is 2.76. The molecule has 1 aliphatic heterocycles. The molecular formula is C19H28N4O2S. The maximum Gasteiger partial charge on any atom is 0.279 e. The summed E-state index contributed by atoms with van der Waals surface area (Å²) in [4.78, 5) is 0. The molecule has 0 radical (unpaired) electrons. The normalized spacial score (nSPS) is 16.5. The first-order valence-corrected chi connectivity index (χ1v) is 10.7. The van der Waals surface area contributed by atoms with Gasteiger partial charge in [0.05, 0.1) is 12.2 Å². The molecule has 0 saturated carbocycles. The molecule has 0 unspecified atom stereocenters. The van der Waals surface area contributed by atoms with Crippen LogP contribution in [0.2, 0.25) is 0 Å². The van der Waals surface area contributed by atoms with E-state index in [-0.39, 0.29) is 6.54 Å². The van der Waals surface area contributed by atoms with Gasteiger partial charge in [0.15, 0.2) is 0 Å². The second-order valence-electron chi connectivity index (χ2n) is 6.93. The number of hydrogen-bond donors (Lipinski definition) is 1. The zero-order valence-corrected chi connectivity index (χ0v) is 16.4. The fraction of sp³-hybridized carbons (Fsp3) is 0.526. The molecule has 1 aromatic carbocycles. The maximum atomic E-state index is 12.6. The van der Waals surface area contributed by atoms with Crippen molar-refractivity contribution in [2.45, 2.75) is 52.6 Å². The summed E-state index contributed by atoms with van der Waals surface area (Å²) >= 11 is 0. The van der Waals surface area contributed by atoms with Gasteiger partial charge in [-0.05, 0) is 32.3 Å². The van der Waals surface area contributed by atoms with Crippen molar-refractivity contribution < 1.29 is 8.42 Å². The van der Waals surface area contributed by atoms with E-state index in [1.165, 1.54) is 5.56 Å². The molecule has 1 saturated heterocycles. The largest absolute Gasteiger partial charge is 0.279 e. The highest BCUT2D eigenvalue weighted by Gasteiger charge is 2.23. The minimum absolute atomic E-state index is 0.283. The van der Waals surface area contributed by atoms with E-state index >= 15 is 0 Å². The Morgan fingerprint density at radius 1 is 1.04 bits per heavy atom. The average Bonchev–Trinajstić information content (AvgIpc) is 2.83. The van der Waals surface area contributed by atoms with Crippen LogP contribution in [0.1, 0.15) is 48.2 Å². The molecule has 3 rings (SSSR count). The van der Waals surface area contributed by atoms with Crippen molar-refractivity contribution in [3.63, 3.8) is 0 Å². The minimum atomic E-state index is -3.44. The van der Waals surface area contributed by atoms with Crippen molar-refractivity contribution >= 4 is 10.2 Å². The third-order valence-corrected chi connectivity index (χ3v) is 6.60. The number of aromatic nitrogens is 2. The second kappa shape index (κ2) is 8.33. The molecule has 7 heteroatoms. The standard InChI is InChI=1S/C19H28N4O2S/c1-16-19(14-20-26(24,25)22-12-8-3-4-9-13-22)17(2)23(21-16)15-18-10-6-5-7-11-18/h5-7,10-11,20H,3-4,8-9,12-15H2,1-2H3. The quantitative estimate of drug-likeness (QED) is 0.843. The molecule has 0 aliphatic carbocycles. The fourth-order valence-electron chi connectivity index (χ4n) is 3.44. The summed E-state index contributed by atoms with van der Waals surface area (Å²) in [6.45, 7) is 6.13. The summed E-state index contributed by atoms with van der Waals surface area (Å²) in [7, 11) is -3.44. The summed E-state index contributed by atoms with van der Waals surface area (Å²) in [5.74, 6) is 0. The molecule has 1 N–H and O–H groups in total. The van der Waals surface area contributed by atoms with E-state index in [4.69, 9.17) is 0 Å². The Morgan fingerprint density at radius 3 is 2.35 bits per heavy atom. The molecule has 0 spiro atoms. The fourth-order valence-corrected chi connectivity index (χ4v) is 4.69. The summed E-state index contributed by atoms with van der Waals surface area (Å²) < 4.78 is 31.5. The van der Waals surface area contributed by atoms with Crippen LogP contribution in [0.5, 0.6) is 0 Å². The van der Waals surface area contributed by atoms with Crippen molar-refractivity contribution in [1.82, 2.24) is 18.8 Å². The molecule has 142 valence electrons. The zero-order valence-electron chi connectivity index (χ0n) is 15.6. The monoisotopic (exact) mass is 376 g/mol. The van der Waals surface area contributed by atoms with Crippen LogP contribution < -0.4 is 4.72 Å². The summed E-state index contributed by atoms with van der Waals surface area (Å²) in [6, 6.07) is 10.2. The number of hydrogen-bond acceptors (Lipinski definition) is 3. The van der Waals surface area contributed by atoms with Crippen LogP contribution in [0.15, 0.2) is 30.3 Å². The van der Waals surface area contributed by atoms with E-state index in [1.54, 1.807) is 4.31 Å². The van der Waals surface area contributed by atoms with Crippen LogP contribution in [-0.2, 0) is 23.3 Å². The van der Waals surface area contributed by atoms with Gasteiger partial charge in [-0.2, -0.15) is 22.5 Å². The van der Waals surface area contributed by atoms with Gasteiger partial charge < -0.3 is 0 Å². The predicted molar refractivity (Wildman–Crippen MR) is 103 cm³/mol. The Balaban J connectivity index is 1.70. The first-order valence-electron chi connectivity index (χ1n) is 9.29. The lowest BCUT2D eigenvalue weighted by atomic mass is 10.2. The molecule has 26 heavy (non-hydrogen) atoms. The molecule has 0 atom stereocenters. The lowest BCUT2D eigenvalue weighted by Gasteiger charge is -2.20. The number of benzene rings is 1. The molecule has 1 aliphatic rings. The molecule has 2 aromatic rings. The van der Waals surface area contributed by atoms with E-state index in [0.29, 0.717) is 19.6 Å². The highest BCUT2D eigenvalue weighted by Crippen LogP contribution is 2.17. The van der Waals surface area contributed by atoms with Gasteiger partial charge >= 0.3 is 0 Å². The lowest BCUT2D eigenvalue weighted by Crippen LogP contribution is -2.41. The van der Waals surface area contributed by atoms with Crippen LogP contribution in [0.25, 0.3) is 0 Å². The van der Waals surface area contributed by atoms with Gasteiger partial charge in [0.2, 0.25) is 0 Å². The molecule has 0 amide bonds. The van der Waals surface area contributed by atoms with Gasteiger partial charge in [0, 0.05) is 30.9 Å². The molecule has 0 bridgehead atoms. The van der Waals surface area contributed by atoms with E-state index in [1.807, 2.05) is 36.7 Å². The summed E-state index contributed by atoms with van der Waals surface area (Å²) in [6.07, 6.45) is 4.09. The van der Waals surface area contributed by atoms with E-state index in [9.17, 15) is 8.42 Å². The first kappa shape index (κ1) is 19.1. The van der Waals surface area contributed by atoms with E-state index in [0.717, 1.165) is 42.6 Å². The summed E-state index contributed by atoms with van der Waals surface area (Å²) in [5, 5.41) is 4.60. The summed E-state index contributed by atoms with van der Waals surface area (Å²) in [5.41, 5.74) is 4.01. The highest BCUT2D eigenvalue weighted by molar-refractivity contribution is 7.87. The van der Waals surface area contributed by atoms with Gasteiger partial charge in [-0.25, -0.2) is 0 Å². The Bertz CT molecular complexity index is 823. The van der Waals surface area contributed by atoms with Crippen molar-refractivity contribution in [2.75, 3.05) is 13.1 Å². The van der Waals surface area contributed by atoms with Crippen molar-refractivity contribution in [2.24, 2.45) is 0 Å². The van der Waals surface area contributed by atoms with Crippen LogP contribution >= 0.6 is 0 Å². The van der Waals surface area contributed by atoms with E-state index < -0.39 is 10.2 Å². The van der Waals surface area contributed by atoms with Crippen molar-refractivity contribution in [3.8, 4) is 0 Å². The topological polar surface area (TPSA) is 67.2 Å². The smallest absolute Gasteiger partial charge is 0.265 e. The molecule has 2 heterocycles. The molecule has 1 fully saturated rings. The van der Waals surface area contributed by atoms with Crippen LogP contribution in [0.3, 0.4) is 0 Å². The maximum absolute atomic E-state index is 12.6. The van der Waals surface area contributed by atoms with Crippen molar-refractivity contribution in [3.05, 3.63) is 52.8 Å². The van der Waals surface area contributed by atoms with Gasteiger partial charge in [0.25, 0.3) is 10.2 Å². The zero-order chi connectivity index (χ0) is 18.6. The van der Waals surface area contributed by atoms with E-state index in [2.05, 4.69) is 22.0 Å². The van der Waals surface area contributed by atoms with Crippen LogP contribution in [-0.4, -0.2) is 35.6 Å². The number of rotatable bonds is 6. The molecule has 1 aromatic heterocycles. The minimum Gasteiger partial charge on any atom is -0.265 e. The van der Waals surface area contributed by atoms with Gasteiger partial charge in [0.1, 0.15) is 0 Å². The average molecular weight is 377 g/mol. The Hall–Kier alpha value is -1.70. The second-order valence-corrected chi connectivity index (χ2v) is 8.69. The third kappa shape index (κ3) is 4.52. The molecule has 6 nitrogen and oxygen atoms in total.